The van der Waals surface area contributed by atoms with E-state index in [1.54, 1.807) is 6.92 Å². The lowest BCUT2D eigenvalue weighted by Gasteiger charge is -2.26. The Morgan fingerprint density at radius 1 is 1.46 bits per heavy atom. The molecule has 5 nitrogen and oxygen atoms in total. The second kappa shape index (κ2) is 5.16. The van der Waals surface area contributed by atoms with Crippen molar-refractivity contribution in [3.8, 4) is 0 Å². The van der Waals surface area contributed by atoms with Crippen LogP contribution in [0.2, 0.25) is 0 Å². The minimum atomic E-state index is -0.996. The third-order valence-corrected chi connectivity index (χ3v) is 2.37. The molecule has 0 fully saturated rings. The van der Waals surface area contributed by atoms with Gasteiger partial charge in [0.2, 0.25) is 0 Å². The van der Waals surface area contributed by atoms with Gasteiger partial charge in [0.25, 0.3) is 0 Å². The maximum Gasteiger partial charge on any atom is 0.307 e. The molecule has 0 rings (SSSR count). The van der Waals surface area contributed by atoms with Crippen molar-refractivity contribution in [3.63, 3.8) is 0 Å². The van der Waals surface area contributed by atoms with E-state index in [4.69, 9.17) is 15.9 Å². The van der Waals surface area contributed by atoms with Gasteiger partial charge in [-0.2, -0.15) is 0 Å². The number of aliphatic carboxylic acids is 1. The maximum atomic E-state index is 10.5. The monoisotopic (exact) mass is 191 g/mol. The van der Waals surface area contributed by atoms with E-state index in [1.807, 2.05) is 0 Å². The van der Waals surface area contributed by atoms with E-state index in [0.717, 1.165) is 0 Å². The molecule has 5 N–H and O–H groups in total. The highest BCUT2D eigenvalue weighted by Gasteiger charge is 2.28. The molecule has 0 bridgehead atoms. The van der Waals surface area contributed by atoms with Crippen LogP contribution in [0.15, 0.2) is 0 Å². The van der Waals surface area contributed by atoms with Crippen LogP contribution in [0.3, 0.4) is 0 Å². The summed E-state index contributed by atoms with van der Waals surface area (Å²) in [6.07, 6.45) is -0.961. The largest absolute Gasteiger partial charge is 0.481 e. The van der Waals surface area contributed by atoms with Crippen molar-refractivity contribution in [3.05, 3.63) is 0 Å². The van der Waals surface area contributed by atoms with E-state index in [0.29, 0.717) is 0 Å². The normalized spacial score (nSPS) is 20.4. The second-order valence-electron chi connectivity index (χ2n) is 3.31. The molecule has 0 aliphatic heterocycles. The van der Waals surface area contributed by atoms with Gasteiger partial charge in [-0.05, 0) is 0 Å². The quantitative estimate of drug-likeness (QED) is 0.447. The van der Waals surface area contributed by atoms with Crippen LogP contribution in [-0.4, -0.2) is 40.0 Å². The Morgan fingerprint density at radius 3 is 2.23 bits per heavy atom. The fraction of sp³-hybridized carbons (Fsp3) is 0.875. The van der Waals surface area contributed by atoms with Crippen molar-refractivity contribution in [2.24, 2.45) is 17.6 Å². The Bertz CT molecular complexity index is 174. The van der Waals surface area contributed by atoms with Crippen molar-refractivity contribution >= 4 is 5.97 Å². The predicted molar refractivity (Wildman–Crippen MR) is 47.0 cm³/mol. The first-order chi connectivity index (χ1) is 5.91. The Kier molecular flexibility index (Phi) is 4.90. The van der Waals surface area contributed by atoms with Gasteiger partial charge < -0.3 is 21.1 Å². The van der Waals surface area contributed by atoms with Gasteiger partial charge in [0.15, 0.2) is 0 Å². The molecule has 0 aromatic rings. The van der Waals surface area contributed by atoms with Crippen molar-refractivity contribution in [2.45, 2.75) is 26.0 Å². The van der Waals surface area contributed by atoms with Gasteiger partial charge >= 0.3 is 5.97 Å². The van der Waals surface area contributed by atoms with Crippen LogP contribution in [0, 0.1) is 11.8 Å². The zero-order valence-electron chi connectivity index (χ0n) is 7.84. The van der Waals surface area contributed by atoms with E-state index in [-0.39, 0.29) is 0 Å². The third-order valence-electron chi connectivity index (χ3n) is 2.37. The Hall–Kier alpha value is -0.650. The first kappa shape index (κ1) is 12.3. The molecule has 0 amide bonds. The molecule has 0 aromatic carbocycles. The van der Waals surface area contributed by atoms with E-state index in [9.17, 15) is 9.90 Å². The molecule has 0 radical (unpaired) electrons. The van der Waals surface area contributed by atoms with Crippen LogP contribution in [0.25, 0.3) is 0 Å². The van der Waals surface area contributed by atoms with Crippen LogP contribution in [-0.2, 0) is 4.79 Å². The van der Waals surface area contributed by atoms with E-state index >= 15 is 0 Å². The van der Waals surface area contributed by atoms with Crippen LogP contribution in [0.5, 0.6) is 0 Å². The lowest BCUT2D eigenvalue weighted by Crippen LogP contribution is -2.44. The molecule has 0 saturated heterocycles. The molecular weight excluding hydrogens is 174 g/mol. The zero-order chi connectivity index (χ0) is 10.6. The first-order valence-electron chi connectivity index (χ1n) is 4.19. The van der Waals surface area contributed by atoms with Gasteiger partial charge in [0.05, 0.1) is 18.6 Å². The molecule has 13 heavy (non-hydrogen) atoms. The Labute approximate surface area is 77.2 Å². The topological polar surface area (TPSA) is 104 Å². The van der Waals surface area contributed by atoms with Crippen LogP contribution >= 0.6 is 0 Å². The van der Waals surface area contributed by atoms with Gasteiger partial charge in [-0.1, -0.05) is 13.8 Å². The highest BCUT2D eigenvalue weighted by molar-refractivity contribution is 5.70. The molecule has 5 heteroatoms. The number of carboxylic acid groups (broad SMARTS) is 1. The van der Waals surface area contributed by atoms with Crippen LogP contribution < -0.4 is 5.73 Å². The summed E-state index contributed by atoms with van der Waals surface area (Å²) in [7, 11) is 0. The van der Waals surface area contributed by atoms with Crippen LogP contribution in [0.1, 0.15) is 13.8 Å². The second-order valence-corrected chi connectivity index (χ2v) is 3.31. The summed E-state index contributed by atoms with van der Waals surface area (Å²) in [5.74, 6) is -2.16. The smallest absolute Gasteiger partial charge is 0.307 e. The summed E-state index contributed by atoms with van der Waals surface area (Å²) in [4.78, 5) is 10.5. The van der Waals surface area contributed by atoms with Gasteiger partial charge in [-0.15, -0.1) is 0 Å². The fourth-order valence-corrected chi connectivity index (χ4v) is 1.04. The van der Waals surface area contributed by atoms with E-state index in [2.05, 4.69) is 0 Å². The third kappa shape index (κ3) is 3.30. The molecule has 4 atom stereocenters. The van der Waals surface area contributed by atoms with Crippen LogP contribution in [0.4, 0.5) is 0 Å². The highest BCUT2D eigenvalue weighted by Crippen LogP contribution is 2.14. The Balaban J connectivity index is 4.24. The van der Waals surface area contributed by atoms with Gasteiger partial charge in [-0.25, -0.2) is 0 Å². The van der Waals surface area contributed by atoms with E-state index < -0.39 is 36.6 Å². The SMILES string of the molecule is C[C@@H]([C@H](N)[C@@H](C)C(=O)O)[C@@H](O)CO. The average Bonchev–Trinajstić information content (AvgIpc) is 2.12. The molecule has 78 valence electrons. The van der Waals surface area contributed by atoms with Crippen molar-refractivity contribution in [1.29, 1.82) is 0 Å². The summed E-state index contributed by atoms with van der Waals surface area (Å²) < 4.78 is 0. The molecular formula is C8H17NO4. The molecule has 0 heterocycles. The van der Waals surface area contributed by atoms with Gasteiger partial charge in [-0.3, -0.25) is 4.79 Å². The average molecular weight is 191 g/mol. The molecule has 0 aromatic heterocycles. The number of carboxylic acids is 1. The molecule has 0 spiro atoms. The number of carbonyl (C=O) groups is 1. The molecule has 0 aliphatic rings. The molecule has 0 unspecified atom stereocenters. The van der Waals surface area contributed by atoms with E-state index in [1.165, 1.54) is 6.92 Å². The summed E-state index contributed by atoms with van der Waals surface area (Å²) in [5.41, 5.74) is 5.59. The van der Waals surface area contributed by atoms with Crippen molar-refractivity contribution < 1.29 is 20.1 Å². The lowest BCUT2D eigenvalue weighted by atomic mass is 9.88. The van der Waals surface area contributed by atoms with Gasteiger partial charge in [0.1, 0.15) is 0 Å². The molecule has 0 saturated carbocycles. The summed E-state index contributed by atoms with van der Waals surface area (Å²) in [5, 5.41) is 26.5. The number of rotatable bonds is 5. The zero-order valence-corrected chi connectivity index (χ0v) is 7.84. The van der Waals surface area contributed by atoms with Gasteiger partial charge in [0, 0.05) is 12.0 Å². The number of hydrogen-bond donors (Lipinski definition) is 4. The number of hydrogen-bond acceptors (Lipinski definition) is 4. The number of aliphatic hydroxyl groups is 2. The minimum absolute atomic E-state index is 0.402. The number of nitrogens with two attached hydrogens (primary N) is 1. The summed E-state index contributed by atoms with van der Waals surface area (Å²) >= 11 is 0. The fourth-order valence-electron chi connectivity index (χ4n) is 1.04. The summed E-state index contributed by atoms with van der Waals surface area (Å²) in [6, 6.07) is -0.653. The minimum Gasteiger partial charge on any atom is -0.481 e. The van der Waals surface area contributed by atoms with Crippen molar-refractivity contribution in [1.82, 2.24) is 0 Å². The van der Waals surface area contributed by atoms with Crippen molar-refractivity contribution in [2.75, 3.05) is 6.61 Å². The highest BCUT2D eigenvalue weighted by atomic mass is 16.4. The first-order valence-corrected chi connectivity index (χ1v) is 4.19. The maximum absolute atomic E-state index is 10.5. The predicted octanol–water partition coefficient (Wildman–Crippen LogP) is -0.976. The lowest BCUT2D eigenvalue weighted by molar-refractivity contribution is -0.142. The summed E-state index contributed by atoms with van der Waals surface area (Å²) in [6.45, 7) is 2.69. The standard InChI is InChI=1S/C8H17NO4/c1-4(6(11)3-10)7(9)5(2)8(12)13/h4-7,10-11H,3,9H2,1-2H3,(H,12,13)/t4-,5-,6+,7+/m1/s1. The Morgan fingerprint density at radius 2 is 1.92 bits per heavy atom. The number of aliphatic hydroxyl groups excluding tert-OH is 2. The molecule has 0 aliphatic carbocycles.